The van der Waals surface area contributed by atoms with E-state index in [1.807, 2.05) is 7.05 Å². The first-order valence-electron chi connectivity index (χ1n) is 11.8. The van der Waals surface area contributed by atoms with Gasteiger partial charge in [-0.3, -0.25) is 9.69 Å². The fraction of sp³-hybridized carbons (Fsp3) is 0.577. The Morgan fingerprint density at radius 2 is 1.87 bits per heavy atom. The number of carbonyl (C=O) groups excluding carboxylic acids is 1. The molecule has 3 fully saturated rings. The molecule has 0 aromatic heterocycles. The zero-order valence-corrected chi connectivity index (χ0v) is 19.4. The summed E-state index contributed by atoms with van der Waals surface area (Å²) in [6.07, 6.45) is 8.65. The first kappa shape index (κ1) is 22.6. The molecule has 0 radical (unpaired) electrons. The highest BCUT2D eigenvalue weighted by Crippen LogP contribution is 2.43. The molecule has 1 amide bonds. The maximum atomic E-state index is 13.4. The molecule has 31 heavy (non-hydrogen) atoms. The Bertz CT molecular complexity index is 900. The van der Waals surface area contributed by atoms with E-state index < -0.39 is 0 Å². The molecular weight excluding hydrogens is 408 g/mol. The first-order chi connectivity index (χ1) is 14.7. The van der Waals surface area contributed by atoms with Crippen LogP contribution < -0.4 is 0 Å². The summed E-state index contributed by atoms with van der Waals surface area (Å²) in [7, 11) is 2.04. The summed E-state index contributed by atoms with van der Waals surface area (Å²) in [6, 6.07) is 15.4. The molecule has 5 heteroatoms. The average molecular weight is 443 g/mol. The summed E-state index contributed by atoms with van der Waals surface area (Å²) in [5, 5.41) is 2.40. The Kier molecular flexibility index (Phi) is 6.90. The van der Waals surface area contributed by atoms with Gasteiger partial charge in [0.25, 0.3) is 0 Å². The van der Waals surface area contributed by atoms with Crippen molar-refractivity contribution in [3.63, 3.8) is 0 Å². The van der Waals surface area contributed by atoms with Crippen molar-refractivity contribution in [2.45, 2.75) is 69.1 Å². The second-order valence-electron chi connectivity index (χ2n) is 9.58. The number of fused-ring (bicyclic) bond motifs is 1. The van der Waals surface area contributed by atoms with E-state index in [0.29, 0.717) is 18.5 Å². The van der Waals surface area contributed by atoms with Crippen LogP contribution in [-0.4, -0.2) is 60.1 Å². The van der Waals surface area contributed by atoms with Crippen molar-refractivity contribution >= 4 is 29.1 Å². The van der Waals surface area contributed by atoms with Gasteiger partial charge in [-0.1, -0.05) is 42.5 Å². The minimum absolute atomic E-state index is 0. The van der Waals surface area contributed by atoms with Crippen LogP contribution in [0.3, 0.4) is 0 Å². The van der Waals surface area contributed by atoms with Crippen LogP contribution in [0.5, 0.6) is 0 Å². The summed E-state index contributed by atoms with van der Waals surface area (Å²) < 4.78 is 6.27. The van der Waals surface area contributed by atoms with Gasteiger partial charge in [-0.15, -0.1) is 12.4 Å². The monoisotopic (exact) mass is 442 g/mol. The lowest BCUT2D eigenvalue weighted by Crippen LogP contribution is -2.58. The van der Waals surface area contributed by atoms with Gasteiger partial charge in [0.1, 0.15) is 0 Å². The lowest BCUT2D eigenvalue weighted by molar-refractivity contribution is -0.136. The van der Waals surface area contributed by atoms with Gasteiger partial charge < -0.3 is 9.64 Å². The highest BCUT2D eigenvalue weighted by Gasteiger charge is 2.47. The Labute approximate surface area is 192 Å². The van der Waals surface area contributed by atoms with Gasteiger partial charge >= 0.3 is 0 Å². The molecule has 4 nitrogen and oxygen atoms in total. The third-order valence-corrected chi connectivity index (χ3v) is 7.83. The predicted octanol–water partition coefficient (Wildman–Crippen LogP) is 4.83. The predicted molar refractivity (Wildman–Crippen MR) is 128 cm³/mol. The zero-order valence-electron chi connectivity index (χ0n) is 18.6. The van der Waals surface area contributed by atoms with Gasteiger partial charge in [0.05, 0.1) is 12.0 Å². The van der Waals surface area contributed by atoms with Crippen molar-refractivity contribution in [3.8, 4) is 0 Å². The average Bonchev–Trinajstić information content (AvgIpc) is 3.46. The van der Waals surface area contributed by atoms with E-state index in [0.717, 1.165) is 31.4 Å². The van der Waals surface area contributed by atoms with Gasteiger partial charge in [0, 0.05) is 25.7 Å². The number of hydrogen-bond acceptors (Lipinski definition) is 3. The molecule has 1 aliphatic carbocycles. The molecule has 3 aliphatic rings. The topological polar surface area (TPSA) is 32.8 Å². The highest BCUT2D eigenvalue weighted by atomic mass is 35.5. The van der Waals surface area contributed by atoms with Crippen LogP contribution in [0.25, 0.3) is 10.8 Å². The molecule has 168 valence electrons. The molecule has 2 heterocycles. The Morgan fingerprint density at radius 3 is 2.65 bits per heavy atom. The van der Waals surface area contributed by atoms with Crippen LogP contribution in [-0.2, 0) is 16.0 Å². The molecule has 2 saturated heterocycles. The van der Waals surface area contributed by atoms with Gasteiger partial charge in [-0.25, -0.2) is 0 Å². The molecule has 1 saturated carbocycles. The summed E-state index contributed by atoms with van der Waals surface area (Å²) in [6.45, 7) is 3.25. The SMILES string of the molecule is CN(C(=O)Cc1cccc2ccccc12)[C@H]1CCC2(CCCO2)C[C@@H]1N1CCCC1.Cl. The molecule has 2 aromatic rings. The van der Waals surface area contributed by atoms with Crippen molar-refractivity contribution in [1.29, 1.82) is 0 Å². The number of ether oxygens (including phenoxy) is 1. The van der Waals surface area contributed by atoms with E-state index >= 15 is 0 Å². The van der Waals surface area contributed by atoms with Crippen LogP contribution in [0.2, 0.25) is 0 Å². The minimum atomic E-state index is 0. The van der Waals surface area contributed by atoms with E-state index in [4.69, 9.17) is 4.74 Å². The molecule has 0 N–H and O–H groups in total. The Hall–Kier alpha value is -1.62. The van der Waals surface area contributed by atoms with Gasteiger partial charge in [0.15, 0.2) is 0 Å². The van der Waals surface area contributed by atoms with Crippen LogP contribution in [0.1, 0.15) is 50.5 Å². The third-order valence-electron chi connectivity index (χ3n) is 7.83. The minimum Gasteiger partial charge on any atom is -0.375 e. The van der Waals surface area contributed by atoms with Crippen LogP contribution >= 0.6 is 12.4 Å². The number of hydrogen-bond donors (Lipinski definition) is 0. The van der Waals surface area contributed by atoms with Crippen molar-refractivity contribution in [3.05, 3.63) is 48.0 Å². The zero-order chi connectivity index (χ0) is 20.6. The number of benzene rings is 2. The Morgan fingerprint density at radius 1 is 1.10 bits per heavy atom. The Balaban J connectivity index is 0.00000231. The largest absolute Gasteiger partial charge is 0.375 e. The molecule has 3 atom stereocenters. The number of likely N-dealkylation sites (N-methyl/N-ethyl adjacent to an activating group) is 1. The van der Waals surface area contributed by atoms with E-state index in [9.17, 15) is 4.79 Å². The van der Waals surface area contributed by atoms with Crippen molar-refractivity contribution in [1.82, 2.24) is 9.80 Å². The number of rotatable bonds is 4. The van der Waals surface area contributed by atoms with Crippen LogP contribution in [0.15, 0.2) is 42.5 Å². The van der Waals surface area contributed by atoms with E-state index in [2.05, 4.69) is 52.3 Å². The van der Waals surface area contributed by atoms with Crippen molar-refractivity contribution in [2.75, 3.05) is 26.7 Å². The summed E-state index contributed by atoms with van der Waals surface area (Å²) in [5.41, 5.74) is 1.21. The third kappa shape index (κ3) is 4.48. The molecule has 1 unspecified atom stereocenters. The number of halogens is 1. The van der Waals surface area contributed by atoms with Gasteiger partial charge in [-0.05, 0) is 74.4 Å². The van der Waals surface area contributed by atoms with Gasteiger partial charge in [-0.2, -0.15) is 0 Å². The molecule has 5 rings (SSSR count). The van der Waals surface area contributed by atoms with Crippen LogP contribution in [0, 0.1) is 0 Å². The summed E-state index contributed by atoms with van der Waals surface area (Å²) >= 11 is 0. The van der Waals surface area contributed by atoms with Crippen molar-refractivity contribution in [2.24, 2.45) is 0 Å². The standard InChI is InChI=1S/C26H34N2O2.ClH/c1-27(25(29)18-21-10-6-9-20-8-2-3-11-22(20)21)23-12-14-26(13-7-17-30-26)19-24(23)28-15-4-5-16-28;/h2-3,6,8-11,23-24H,4-5,7,12-19H2,1H3;1H/t23-,24-,26?;/m0./s1. The molecule has 2 aromatic carbocycles. The van der Waals surface area contributed by atoms with E-state index in [1.165, 1.54) is 49.5 Å². The quantitative estimate of drug-likeness (QED) is 0.679. The maximum Gasteiger partial charge on any atom is 0.227 e. The van der Waals surface area contributed by atoms with Crippen LogP contribution in [0.4, 0.5) is 0 Å². The summed E-state index contributed by atoms with van der Waals surface area (Å²) in [4.78, 5) is 18.1. The number of amides is 1. The molecule has 0 bridgehead atoms. The number of nitrogens with zero attached hydrogens (tertiary/aromatic N) is 2. The highest BCUT2D eigenvalue weighted by molar-refractivity contribution is 5.90. The van der Waals surface area contributed by atoms with E-state index in [-0.39, 0.29) is 23.9 Å². The first-order valence-corrected chi connectivity index (χ1v) is 11.8. The lowest BCUT2D eigenvalue weighted by Gasteiger charge is -2.48. The lowest BCUT2D eigenvalue weighted by atomic mass is 9.76. The van der Waals surface area contributed by atoms with Crippen molar-refractivity contribution < 1.29 is 9.53 Å². The number of likely N-dealkylation sites (tertiary alicyclic amines) is 1. The molecule has 2 aliphatic heterocycles. The fourth-order valence-corrected chi connectivity index (χ4v) is 6.15. The number of carbonyl (C=O) groups is 1. The fourth-order valence-electron chi connectivity index (χ4n) is 6.15. The second kappa shape index (κ2) is 9.48. The maximum absolute atomic E-state index is 13.4. The normalized spacial score (nSPS) is 28.7. The van der Waals surface area contributed by atoms with Gasteiger partial charge in [0.2, 0.25) is 5.91 Å². The summed E-state index contributed by atoms with van der Waals surface area (Å²) in [5.74, 6) is 0.240. The second-order valence-corrected chi connectivity index (χ2v) is 9.58. The molecule has 1 spiro atoms. The van der Waals surface area contributed by atoms with E-state index in [1.54, 1.807) is 0 Å². The molecular formula is C26H35ClN2O2. The smallest absolute Gasteiger partial charge is 0.227 e.